The molecule has 0 aromatic heterocycles. The molecule has 2 rings (SSSR count). The number of hydrogen-bond acceptors (Lipinski definition) is 3. The molecule has 0 bridgehead atoms. The topological polar surface area (TPSA) is 67.4 Å². The van der Waals surface area contributed by atoms with Gasteiger partial charge in [-0.05, 0) is 31.2 Å². The van der Waals surface area contributed by atoms with Crippen LogP contribution in [-0.2, 0) is 9.59 Å². The van der Waals surface area contributed by atoms with Crippen LogP contribution >= 0.6 is 23.2 Å². The zero-order valence-corrected chi connectivity index (χ0v) is 15.3. The van der Waals surface area contributed by atoms with Gasteiger partial charge in [0, 0.05) is 11.1 Å². The third kappa shape index (κ3) is 5.51. The molecule has 2 aromatic rings. The summed E-state index contributed by atoms with van der Waals surface area (Å²) in [5.41, 5.74) is -0.553. The molecule has 0 fully saturated rings. The molecule has 0 unspecified atom stereocenters. The quantitative estimate of drug-likeness (QED) is 0.695. The first-order chi connectivity index (χ1) is 12.7. The molecule has 5 nitrogen and oxygen atoms in total. The standard InChI is InChI=1S/C17H13Cl2F3N2O3/c1-8(27-13-6-9(18)2-3-10(13)19)17(26)23-7-14(25)24-12-5-4-11(20)15(21)16(12)22/h2-6,8H,7H2,1H3,(H,23,26)(H,24,25)/t8-/m0/s1. The lowest BCUT2D eigenvalue weighted by Crippen LogP contribution is -2.40. The van der Waals surface area contributed by atoms with Crippen LogP contribution in [0.5, 0.6) is 5.75 Å². The minimum absolute atomic E-state index is 0.181. The molecule has 10 heteroatoms. The number of nitrogens with one attached hydrogen (secondary N) is 2. The first-order valence-electron chi connectivity index (χ1n) is 7.51. The fraction of sp³-hybridized carbons (Fsp3) is 0.176. The van der Waals surface area contributed by atoms with E-state index in [9.17, 15) is 22.8 Å². The molecular formula is C17H13Cl2F3N2O3. The van der Waals surface area contributed by atoms with E-state index in [1.165, 1.54) is 19.1 Å². The van der Waals surface area contributed by atoms with Crippen LogP contribution < -0.4 is 15.4 Å². The Balaban J connectivity index is 1.90. The Hall–Kier alpha value is -2.45. The van der Waals surface area contributed by atoms with Crippen molar-refractivity contribution in [3.63, 3.8) is 0 Å². The van der Waals surface area contributed by atoms with Crippen molar-refractivity contribution in [1.29, 1.82) is 0 Å². The molecule has 0 spiro atoms. The molecule has 2 amide bonds. The molecule has 0 aliphatic rings. The van der Waals surface area contributed by atoms with Gasteiger partial charge >= 0.3 is 0 Å². The molecule has 0 aliphatic heterocycles. The predicted octanol–water partition coefficient (Wildman–Crippen LogP) is 3.93. The summed E-state index contributed by atoms with van der Waals surface area (Å²) >= 11 is 11.7. The molecule has 27 heavy (non-hydrogen) atoms. The van der Waals surface area contributed by atoms with E-state index in [2.05, 4.69) is 5.32 Å². The number of carbonyl (C=O) groups is 2. The Morgan fingerprint density at radius 2 is 1.81 bits per heavy atom. The van der Waals surface area contributed by atoms with Crippen LogP contribution in [-0.4, -0.2) is 24.5 Å². The van der Waals surface area contributed by atoms with Gasteiger partial charge in [0.15, 0.2) is 23.6 Å². The second-order valence-electron chi connectivity index (χ2n) is 5.32. The van der Waals surface area contributed by atoms with Crippen molar-refractivity contribution >= 4 is 40.7 Å². The molecular weight excluding hydrogens is 408 g/mol. The SMILES string of the molecule is C[C@H](Oc1cc(Cl)ccc1Cl)C(=O)NCC(=O)Nc1ccc(F)c(F)c1F. The Morgan fingerprint density at radius 1 is 1.11 bits per heavy atom. The molecule has 1 atom stereocenters. The number of anilines is 1. The largest absolute Gasteiger partial charge is 0.479 e. The second-order valence-corrected chi connectivity index (χ2v) is 6.17. The molecule has 2 N–H and O–H groups in total. The summed E-state index contributed by atoms with van der Waals surface area (Å²) < 4.78 is 44.9. The van der Waals surface area contributed by atoms with Gasteiger partial charge in [-0.1, -0.05) is 23.2 Å². The summed E-state index contributed by atoms with van der Waals surface area (Å²) in [5.74, 6) is -5.96. The lowest BCUT2D eigenvalue weighted by atomic mass is 10.2. The number of ether oxygens (including phenoxy) is 1. The zero-order valence-electron chi connectivity index (χ0n) is 13.8. The first-order valence-corrected chi connectivity index (χ1v) is 8.27. The maximum Gasteiger partial charge on any atom is 0.261 e. The van der Waals surface area contributed by atoms with Crippen LogP contribution in [0.15, 0.2) is 30.3 Å². The lowest BCUT2D eigenvalue weighted by molar-refractivity contribution is -0.129. The smallest absolute Gasteiger partial charge is 0.261 e. The number of halogens is 5. The van der Waals surface area contributed by atoms with Crippen LogP contribution in [0.4, 0.5) is 18.9 Å². The summed E-state index contributed by atoms with van der Waals surface area (Å²) in [4.78, 5) is 23.7. The van der Waals surface area contributed by atoms with E-state index in [4.69, 9.17) is 27.9 Å². The molecule has 0 heterocycles. The van der Waals surface area contributed by atoms with Gasteiger partial charge in [-0.15, -0.1) is 0 Å². The van der Waals surface area contributed by atoms with Gasteiger partial charge in [0.25, 0.3) is 5.91 Å². The van der Waals surface area contributed by atoms with E-state index in [1.54, 1.807) is 6.07 Å². The van der Waals surface area contributed by atoms with Gasteiger partial charge < -0.3 is 15.4 Å². The van der Waals surface area contributed by atoms with Crippen molar-refractivity contribution in [3.8, 4) is 5.75 Å². The van der Waals surface area contributed by atoms with Gasteiger partial charge in [0.05, 0.1) is 17.3 Å². The van der Waals surface area contributed by atoms with Crippen molar-refractivity contribution in [3.05, 3.63) is 57.8 Å². The van der Waals surface area contributed by atoms with E-state index in [1.807, 2.05) is 5.32 Å². The molecule has 144 valence electrons. The van der Waals surface area contributed by atoms with Crippen molar-refractivity contribution in [2.75, 3.05) is 11.9 Å². The van der Waals surface area contributed by atoms with Crippen molar-refractivity contribution in [1.82, 2.24) is 5.32 Å². The third-order valence-electron chi connectivity index (χ3n) is 3.30. The zero-order chi connectivity index (χ0) is 20.1. The third-order valence-corrected chi connectivity index (χ3v) is 3.85. The highest BCUT2D eigenvalue weighted by Gasteiger charge is 2.19. The highest BCUT2D eigenvalue weighted by Crippen LogP contribution is 2.28. The summed E-state index contributed by atoms with van der Waals surface area (Å²) in [6, 6.07) is 5.99. The highest BCUT2D eigenvalue weighted by molar-refractivity contribution is 6.34. The van der Waals surface area contributed by atoms with Crippen LogP contribution in [0.1, 0.15) is 6.92 Å². The maximum absolute atomic E-state index is 13.5. The predicted molar refractivity (Wildman–Crippen MR) is 94.5 cm³/mol. The van der Waals surface area contributed by atoms with Gasteiger partial charge in [0.2, 0.25) is 5.91 Å². The number of amides is 2. The van der Waals surface area contributed by atoms with Crippen molar-refractivity contribution < 1.29 is 27.5 Å². The van der Waals surface area contributed by atoms with E-state index in [0.29, 0.717) is 11.1 Å². The highest BCUT2D eigenvalue weighted by atomic mass is 35.5. The van der Waals surface area contributed by atoms with Crippen LogP contribution in [0.3, 0.4) is 0 Å². The van der Waals surface area contributed by atoms with Gasteiger partial charge in [-0.2, -0.15) is 0 Å². The van der Waals surface area contributed by atoms with Crippen LogP contribution in [0, 0.1) is 17.5 Å². The normalized spacial score (nSPS) is 11.6. The van der Waals surface area contributed by atoms with Crippen LogP contribution in [0.25, 0.3) is 0 Å². The van der Waals surface area contributed by atoms with Gasteiger partial charge in [-0.25, -0.2) is 13.2 Å². The minimum atomic E-state index is -1.71. The average Bonchev–Trinajstić information content (AvgIpc) is 2.63. The molecule has 0 radical (unpaired) electrons. The maximum atomic E-state index is 13.5. The average molecular weight is 421 g/mol. The fourth-order valence-corrected chi connectivity index (χ4v) is 2.26. The summed E-state index contributed by atoms with van der Waals surface area (Å²) in [6.07, 6.45) is -1.02. The molecule has 0 aliphatic carbocycles. The van der Waals surface area contributed by atoms with Crippen molar-refractivity contribution in [2.24, 2.45) is 0 Å². The summed E-state index contributed by atoms with van der Waals surface area (Å²) in [6.45, 7) is 0.869. The number of carbonyl (C=O) groups excluding carboxylic acids is 2. The molecule has 0 saturated heterocycles. The first kappa shape index (κ1) is 20.9. The second kappa shape index (κ2) is 8.96. The van der Waals surface area contributed by atoms with E-state index in [0.717, 1.165) is 6.07 Å². The summed E-state index contributed by atoms with van der Waals surface area (Å²) in [7, 11) is 0. The Morgan fingerprint density at radius 3 is 2.52 bits per heavy atom. The number of rotatable bonds is 6. The van der Waals surface area contributed by atoms with Gasteiger partial charge in [-0.3, -0.25) is 9.59 Å². The monoisotopic (exact) mass is 420 g/mol. The Bertz CT molecular complexity index is 881. The van der Waals surface area contributed by atoms with Gasteiger partial charge in [0.1, 0.15) is 5.75 Å². The Labute approximate surface area is 162 Å². The molecule has 0 saturated carbocycles. The molecule has 2 aromatic carbocycles. The Kier molecular flexibility index (Phi) is 6.92. The number of benzene rings is 2. The summed E-state index contributed by atoms with van der Waals surface area (Å²) in [5, 5.41) is 4.88. The van der Waals surface area contributed by atoms with E-state index < -0.39 is 47.6 Å². The van der Waals surface area contributed by atoms with Crippen LogP contribution in [0.2, 0.25) is 10.0 Å². The van der Waals surface area contributed by atoms with E-state index >= 15 is 0 Å². The lowest BCUT2D eigenvalue weighted by Gasteiger charge is -2.16. The minimum Gasteiger partial charge on any atom is -0.479 e. The fourth-order valence-electron chi connectivity index (χ4n) is 1.94. The van der Waals surface area contributed by atoms with Crippen molar-refractivity contribution in [2.45, 2.75) is 13.0 Å². The number of hydrogen-bond donors (Lipinski definition) is 2. The van der Waals surface area contributed by atoms with E-state index in [-0.39, 0.29) is 10.8 Å².